The van der Waals surface area contributed by atoms with Crippen molar-refractivity contribution in [3.8, 4) is 0 Å². The molecule has 0 aromatic carbocycles. The molecule has 5 atom stereocenters. The zero-order valence-electron chi connectivity index (χ0n) is 15.0. The number of ketones is 2. The van der Waals surface area contributed by atoms with Gasteiger partial charge in [0.15, 0.2) is 11.6 Å². The number of carbonyl (C=O) groups excluding carboxylic acids is 2. The molecule has 1 N–H and O–H groups in total. The highest BCUT2D eigenvalue weighted by molar-refractivity contribution is 5.92. The number of allylic oxidation sites excluding steroid dienone is 4. The zero-order chi connectivity index (χ0) is 17.3. The molecule has 3 heteroatoms. The molecule has 0 aromatic rings. The maximum Gasteiger partial charge on any atom is 0.161 e. The first-order valence-corrected chi connectivity index (χ1v) is 9.40. The van der Waals surface area contributed by atoms with Crippen molar-refractivity contribution in [1.82, 2.24) is 0 Å². The second-order valence-corrected chi connectivity index (χ2v) is 8.96. The first-order valence-electron chi connectivity index (χ1n) is 9.40. The molecule has 2 saturated carbocycles. The van der Waals surface area contributed by atoms with Crippen LogP contribution < -0.4 is 0 Å². The molecule has 0 amide bonds. The molecule has 4 rings (SSSR count). The first kappa shape index (κ1) is 16.3. The molecule has 0 radical (unpaired) electrons. The lowest BCUT2D eigenvalue weighted by atomic mass is 9.50. The monoisotopic (exact) mass is 328 g/mol. The molecule has 0 aliphatic heterocycles. The van der Waals surface area contributed by atoms with E-state index in [1.807, 2.05) is 6.08 Å². The van der Waals surface area contributed by atoms with Gasteiger partial charge >= 0.3 is 0 Å². The molecule has 0 heterocycles. The van der Waals surface area contributed by atoms with Gasteiger partial charge in [-0.15, -0.1) is 0 Å². The molecule has 0 spiro atoms. The van der Waals surface area contributed by atoms with E-state index in [4.69, 9.17) is 0 Å². The van der Waals surface area contributed by atoms with Crippen LogP contribution in [0.3, 0.4) is 0 Å². The summed E-state index contributed by atoms with van der Waals surface area (Å²) in [6, 6.07) is 0. The minimum atomic E-state index is -1.17. The van der Waals surface area contributed by atoms with Gasteiger partial charge in [-0.2, -0.15) is 0 Å². The zero-order valence-corrected chi connectivity index (χ0v) is 15.0. The summed E-state index contributed by atoms with van der Waals surface area (Å²) < 4.78 is 0. The summed E-state index contributed by atoms with van der Waals surface area (Å²) in [6.07, 6.45) is 10.1. The van der Waals surface area contributed by atoms with Gasteiger partial charge in [-0.25, -0.2) is 0 Å². The number of fused-ring (bicyclic) bond motifs is 5. The van der Waals surface area contributed by atoms with E-state index in [1.54, 1.807) is 6.92 Å². The van der Waals surface area contributed by atoms with Crippen LogP contribution in [0, 0.1) is 22.7 Å². The van der Waals surface area contributed by atoms with Crippen LogP contribution in [0.15, 0.2) is 23.3 Å². The molecule has 24 heavy (non-hydrogen) atoms. The molecule has 0 aromatic heterocycles. The Morgan fingerprint density at radius 3 is 2.67 bits per heavy atom. The van der Waals surface area contributed by atoms with E-state index < -0.39 is 5.60 Å². The van der Waals surface area contributed by atoms with Crippen LogP contribution >= 0.6 is 0 Å². The summed E-state index contributed by atoms with van der Waals surface area (Å²) in [7, 11) is 0. The Hall–Kier alpha value is -1.22. The Morgan fingerprint density at radius 2 is 1.96 bits per heavy atom. The van der Waals surface area contributed by atoms with Crippen LogP contribution in [0.5, 0.6) is 0 Å². The number of Topliss-reactive ketones (excluding diaryl/α,β-unsaturated/α-hetero) is 1. The number of rotatable bonds is 1. The first-order chi connectivity index (χ1) is 11.2. The number of carbonyl (C=O) groups is 2. The van der Waals surface area contributed by atoms with Crippen LogP contribution in [0.25, 0.3) is 0 Å². The number of hydrogen-bond acceptors (Lipinski definition) is 3. The molecule has 2 fully saturated rings. The summed E-state index contributed by atoms with van der Waals surface area (Å²) in [5, 5.41) is 11.1. The van der Waals surface area contributed by atoms with Gasteiger partial charge in [-0.05, 0) is 63.4 Å². The molecule has 3 nitrogen and oxygen atoms in total. The molecule has 130 valence electrons. The van der Waals surface area contributed by atoms with Crippen molar-refractivity contribution in [2.24, 2.45) is 22.7 Å². The van der Waals surface area contributed by atoms with Crippen molar-refractivity contribution in [3.63, 3.8) is 0 Å². The molecule has 4 aliphatic carbocycles. The summed E-state index contributed by atoms with van der Waals surface area (Å²) in [4.78, 5) is 24.0. The van der Waals surface area contributed by atoms with E-state index in [9.17, 15) is 14.7 Å². The Kier molecular flexibility index (Phi) is 3.32. The van der Waals surface area contributed by atoms with Crippen LogP contribution in [-0.2, 0) is 9.59 Å². The quantitative estimate of drug-likeness (QED) is 0.746. The van der Waals surface area contributed by atoms with E-state index in [1.165, 1.54) is 11.1 Å². The smallest absolute Gasteiger partial charge is 0.161 e. The maximum absolute atomic E-state index is 12.2. The molecular weight excluding hydrogens is 300 g/mol. The summed E-state index contributed by atoms with van der Waals surface area (Å²) in [6.45, 7) is 5.97. The van der Waals surface area contributed by atoms with Gasteiger partial charge in [0.1, 0.15) is 5.60 Å². The van der Waals surface area contributed by atoms with Gasteiger partial charge < -0.3 is 5.11 Å². The lowest BCUT2D eigenvalue weighted by molar-refractivity contribution is -0.150. The topological polar surface area (TPSA) is 54.4 Å². The van der Waals surface area contributed by atoms with Crippen molar-refractivity contribution in [1.29, 1.82) is 0 Å². The van der Waals surface area contributed by atoms with Crippen LogP contribution in [0.4, 0.5) is 0 Å². The van der Waals surface area contributed by atoms with Gasteiger partial charge in [-0.1, -0.05) is 31.1 Å². The van der Waals surface area contributed by atoms with Gasteiger partial charge in [-0.3, -0.25) is 9.59 Å². The highest BCUT2D eigenvalue weighted by Gasteiger charge is 2.63. The van der Waals surface area contributed by atoms with Crippen molar-refractivity contribution in [2.75, 3.05) is 0 Å². The lowest BCUT2D eigenvalue weighted by Crippen LogP contribution is -2.54. The van der Waals surface area contributed by atoms with E-state index in [-0.39, 0.29) is 22.4 Å². The van der Waals surface area contributed by atoms with Crippen LogP contribution in [0.1, 0.15) is 65.7 Å². The average Bonchev–Trinajstić information content (AvgIpc) is 2.81. The van der Waals surface area contributed by atoms with Gasteiger partial charge in [0.05, 0.1) is 0 Å². The van der Waals surface area contributed by atoms with Gasteiger partial charge in [0.2, 0.25) is 0 Å². The number of aliphatic hydroxyl groups is 1. The third-order valence-corrected chi connectivity index (χ3v) is 8.07. The lowest BCUT2D eigenvalue weighted by Gasteiger charge is -2.54. The standard InChI is InChI=1S/C21H28O3/c1-13(22)21(24)11-8-18-16-5-4-14-12-15(23)6-9-19(14,2)17(16)7-10-20(18,21)3/h7,12,16,18,24H,4-6,8-11H2,1-3H3/t16?,18?,19?,20?,21-/m0/s1. The fraction of sp³-hybridized carbons (Fsp3) is 0.714. The molecule has 4 aliphatic rings. The number of hydrogen-bond donors (Lipinski definition) is 1. The molecular formula is C21H28O3. The Labute approximate surface area is 144 Å². The highest BCUT2D eigenvalue weighted by atomic mass is 16.3. The van der Waals surface area contributed by atoms with Crippen molar-refractivity contribution in [3.05, 3.63) is 23.3 Å². The van der Waals surface area contributed by atoms with Crippen molar-refractivity contribution >= 4 is 11.6 Å². The van der Waals surface area contributed by atoms with E-state index in [0.717, 1.165) is 32.1 Å². The van der Waals surface area contributed by atoms with Gasteiger partial charge in [0, 0.05) is 17.3 Å². The minimum absolute atomic E-state index is 0.0229. The van der Waals surface area contributed by atoms with Crippen LogP contribution in [-0.4, -0.2) is 22.3 Å². The Morgan fingerprint density at radius 1 is 1.21 bits per heavy atom. The summed E-state index contributed by atoms with van der Waals surface area (Å²) in [5.41, 5.74) is 1.32. The molecule has 4 unspecified atom stereocenters. The fourth-order valence-corrected chi connectivity index (χ4v) is 6.45. The second-order valence-electron chi connectivity index (χ2n) is 8.96. The minimum Gasteiger partial charge on any atom is -0.381 e. The largest absolute Gasteiger partial charge is 0.381 e. The predicted molar refractivity (Wildman–Crippen MR) is 92.3 cm³/mol. The average molecular weight is 328 g/mol. The van der Waals surface area contributed by atoms with Crippen molar-refractivity contribution < 1.29 is 14.7 Å². The summed E-state index contributed by atoms with van der Waals surface area (Å²) in [5.74, 6) is 1.03. The third-order valence-electron chi connectivity index (χ3n) is 8.07. The Balaban J connectivity index is 1.77. The SMILES string of the molecule is CC(=O)[C@@]1(O)CCC2C3CCC4=CC(=O)CCC4(C)C3=CCC21C. The maximum atomic E-state index is 12.2. The predicted octanol–water partition coefficient (Wildman–Crippen LogP) is 3.76. The normalized spacial score (nSPS) is 47.2. The van der Waals surface area contributed by atoms with E-state index in [2.05, 4.69) is 19.9 Å². The fourth-order valence-electron chi connectivity index (χ4n) is 6.45. The highest BCUT2D eigenvalue weighted by Crippen LogP contribution is 2.65. The molecule has 0 bridgehead atoms. The van der Waals surface area contributed by atoms with Gasteiger partial charge in [0.25, 0.3) is 0 Å². The second kappa shape index (κ2) is 4.91. The third kappa shape index (κ3) is 1.82. The van der Waals surface area contributed by atoms with Crippen molar-refractivity contribution in [2.45, 2.75) is 71.3 Å². The van der Waals surface area contributed by atoms with E-state index >= 15 is 0 Å². The summed E-state index contributed by atoms with van der Waals surface area (Å²) >= 11 is 0. The molecule has 0 saturated heterocycles. The van der Waals surface area contributed by atoms with Crippen LogP contribution in [0.2, 0.25) is 0 Å². The van der Waals surface area contributed by atoms with E-state index in [0.29, 0.717) is 24.7 Å². The Bertz CT molecular complexity index is 687.